The molecule has 0 spiro atoms. The predicted octanol–water partition coefficient (Wildman–Crippen LogP) is 5.01. The lowest BCUT2D eigenvalue weighted by Gasteiger charge is -2.30. The van der Waals surface area contributed by atoms with Crippen molar-refractivity contribution in [3.05, 3.63) is 12.3 Å². The van der Waals surface area contributed by atoms with E-state index in [1.54, 1.807) is 6.20 Å². The molecule has 2 aliphatic carbocycles. The van der Waals surface area contributed by atoms with Crippen molar-refractivity contribution in [2.24, 2.45) is 5.92 Å². The highest BCUT2D eigenvalue weighted by molar-refractivity contribution is 5.90. The predicted molar refractivity (Wildman–Crippen MR) is 157 cm³/mol. The minimum atomic E-state index is -0.209. The van der Waals surface area contributed by atoms with E-state index < -0.39 is 0 Å². The number of carbonyl (C=O) groups is 2. The van der Waals surface area contributed by atoms with Crippen molar-refractivity contribution in [2.45, 2.75) is 109 Å². The number of hydrogen-bond acceptors (Lipinski definition) is 6. The zero-order chi connectivity index (χ0) is 27.9. The zero-order valence-electron chi connectivity index (χ0n) is 24.3. The van der Waals surface area contributed by atoms with Crippen LogP contribution in [0.5, 0.6) is 5.88 Å². The third-order valence-electron chi connectivity index (χ3n) is 8.69. The fourth-order valence-corrected chi connectivity index (χ4v) is 6.55. The molecule has 0 unspecified atom stereocenters. The van der Waals surface area contributed by atoms with Gasteiger partial charge in [-0.2, -0.15) is 0 Å². The second-order valence-electron chi connectivity index (χ2n) is 12.2. The normalized spacial score (nSPS) is 22.8. The molecule has 2 aromatic rings. The molecule has 10 heteroatoms. The van der Waals surface area contributed by atoms with Gasteiger partial charge >= 0.3 is 6.03 Å². The number of rotatable bonds is 9. The summed E-state index contributed by atoms with van der Waals surface area (Å²) in [6, 6.07) is 2.23. The second-order valence-corrected chi connectivity index (χ2v) is 12.2. The first-order chi connectivity index (χ1) is 19.5. The van der Waals surface area contributed by atoms with Crippen LogP contribution in [0.2, 0.25) is 0 Å². The van der Waals surface area contributed by atoms with Crippen LogP contribution < -0.4 is 20.7 Å². The van der Waals surface area contributed by atoms with Gasteiger partial charge in [-0.15, -0.1) is 0 Å². The number of aromatic nitrogens is 3. The lowest BCUT2D eigenvalue weighted by Crippen LogP contribution is -2.40. The highest BCUT2D eigenvalue weighted by Crippen LogP contribution is 2.37. The number of amides is 3. The number of likely N-dealkylation sites (tertiary alicyclic amines) is 1. The molecule has 1 aliphatic heterocycles. The number of ether oxygens (including phenoxy) is 1. The number of imidazole rings is 1. The lowest BCUT2D eigenvalue weighted by atomic mass is 9.85. The Bertz CT molecular complexity index is 1130. The van der Waals surface area contributed by atoms with Crippen molar-refractivity contribution < 1.29 is 14.3 Å². The monoisotopic (exact) mass is 553 g/mol. The molecule has 2 saturated carbocycles. The van der Waals surface area contributed by atoms with E-state index in [-0.39, 0.29) is 36.0 Å². The average molecular weight is 554 g/mol. The van der Waals surface area contributed by atoms with Crippen LogP contribution in [0.25, 0.3) is 11.0 Å². The summed E-state index contributed by atoms with van der Waals surface area (Å²) in [7, 11) is 0. The van der Waals surface area contributed by atoms with E-state index in [4.69, 9.17) is 9.72 Å². The van der Waals surface area contributed by atoms with Crippen molar-refractivity contribution in [3.63, 3.8) is 0 Å². The van der Waals surface area contributed by atoms with Crippen molar-refractivity contribution >= 4 is 28.9 Å². The number of anilines is 1. The van der Waals surface area contributed by atoms with Gasteiger partial charge in [0.25, 0.3) is 0 Å². The average Bonchev–Trinajstić information content (AvgIpc) is 3.30. The van der Waals surface area contributed by atoms with E-state index in [9.17, 15) is 9.59 Å². The first-order valence-electron chi connectivity index (χ1n) is 15.6. The molecule has 0 bridgehead atoms. The molecule has 0 aromatic carbocycles. The standard InChI is InChI=1S/C30H47N7O3/c1-21(2)32-28(38)22-11-13-24(14-12-22)37-26-19-27(40-18-17-36-15-7-4-8-16-36)31-20-25(26)34-29(37)35-30(39)33-23-9-5-3-6-10-23/h19-24H,3-18H2,1-2H3,(H,32,38)(H2,33,34,35,39). The molecule has 10 nitrogen and oxygen atoms in total. The molecule has 40 heavy (non-hydrogen) atoms. The van der Waals surface area contributed by atoms with Gasteiger partial charge < -0.3 is 19.9 Å². The first kappa shape index (κ1) is 28.6. The number of carbonyl (C=O) groups excluding carboxylic acids is 2. The molecule has 2 aromatic heterocycles. The summed E-state index contributed by atoms with van der Waals surface area (Å²) in [6.45, 7) is 7.76. The highest BCUT2D eigenvalue weighted by Gasteiger charge is 2.30. The molecule has 5 rings (SSSR count). The number of urea groups is 1. The number of fused-ring (bicyclic) bond motifs is 1. The Balaban J connectivity index is 1.32. The van der Waals surface area contributed by atoms with Crippen LogP contribution in [0.15, 0.2) is 12.3 Å². The Hall–Kier alpha value is -2.88. The van der Waals surface area contributed by atoms with Crippen LogP contribution in [0.3, 0.4) is 0 Å². The van der Waals surface area contributed by atoms with Crippen LogP contribution in [0.1, 0.15) is 96.9 Å². The number of nitrogens with zero attached hydrogens (tertiary/aromatic N) is 4. The maximum atomic E-state index is 13.0. The van der Waals surface area contributed by atoms with Crippen LogP contribution in [-0.2, 0) is 4.79 Å². The van der Waals surface area contributed by atoms with Gasteiger partial charge in [0.2, 0.25) is 17.7 Å². The summed E-state index contributed by atoms with van der Waals surface area (Å²) in [6.07, 6.45) is 14.5. The Morgan fingerprint density at radius 2 is 1.73 bits per heavy atom. The molecule has 3 N–H and O–H groups in total. The number of nitrogens with one attached hydrogen (secondary N) is 3. The van der Waals surface area contributed by atoms with Gasteiger partial charge in [0.1, 0.15) is 12.1 Å². The van der Waals surface area contributed by atoms with Crippen molar-refractivity contribution in [3.8, 4) is 5.88 Å². The highest BCUT2D eigenvalue weighted by atomic mass is 16.5. The zero-order valence-corrected chi connectivity index (χ0v) is 24.3. The molecule has 0 atom stereocenters. The summed E-state index contributed by atoms with van der Waals surface area (Å²) in [5, 5.41) is 9.28. The molecule has 1 saturated heterocycles. The van der Waals surface area contributed by atoms with E-state index >= 15 is 0 Å². The molecular formula is C30H47N7O3. The van der Waals surface area contributed by atoms with Gasteiger partial charge in [-0.25, -0.2) is 14.8 Å². The number of piperidine rings is 1. The Morgan fingerprint density at radius 1 is 1.00 bits per heavy atom. The summed E-state index contributed by atoms with van der Waals surface area (Å²) >= 11 is 0. The van der Waals surface area contributed by atoms with Gasteiger partial charge in [-0.1, -0.05) is 25.7 Å². The third kappa shape index (κ3) is 7.44. The smallest absolute Gasteiger partial charge is 0.321 e. The largest absolute Gasteiger partial charge is 0.476 e. The van der Waals surface area contributed by atoms with Crippen LogP contribution >= 0.6 is 0 Å². The Labute approximate surface area is 238 Å². The molecular weight excluding hydrogens is 506 g/mol. The van der Waals surface area contributed by atoms with Crippen molar-refractivity contribution in [1.82, 2.24) is 30.1 Å². The fraction of sp³-hybridized carbons (Fsp3) is 0.733. The molecule has 0 radical (unpaired) electrons. The first-order valence-corrected chi connectivity index (χ1v) is 15.6. The minimum absolute atomic E-state index is 0.0230. The molecule has 3 fully saturated rings. The quantitative estimate of drug-likeness (QED) is 0.403. The van der Waals surface area contributed by atoms with E-state index in [0.717, 1.165) is 82.0 Å². The van der Waals surface area contributed by atoms with Crippen LogP contribution in [0.4, 0.5) is 10.7 Å². The summed E-state index contributed by atoms with van der Waals surface area (Å²) in [5.74, 6) is 1.28. The maximum absolute atomic E-state index is 13.0. The van der Waals surface area contributed by atoms with Gasteiger partial charge in [0, 0.05) is 36.7 Å². The van der Waals surface area contributed by atoms with Gasteiger partial charge in [0.05, 0.1) is 11.7 Å². The van der Waals surface area contributed by atoms with Crippen LogP contribution in [0, 0.1) is 5.92 Å². The topological polar surface area (TPSA) is 113 Å². The van der Waals surface area contributed by atoms with Gasteiger partial charge in [-0.3, -0.25) is 15.0 Å². The van der Waals surface area contributed by atoms with Crippen LogP contribution in [-0.4, -0.2) is 69.7 Å². The summed E-state index contributed by atoms with van der Waals surface area (Å²) in [5.41, 5.74) is 1.64. The Morgan fingerprint density at radius 3 is 2.45 bits per heavy atom. The summed E-state index contributed by atoms with van der Waals surface area (Å²) < 4.78 is 8.23. The lowest BCUT2D eigenvalue weighted by molar-refractivity contribution is -0.126. The molecule has 220 valence electrons. The third-order valence-corrected chi connectivity index (χ3v) is 8.69. The van der Waals surface area contributed by atoms with E-state index in [1.807, 2.05) is 19.9 Å². The van der Waals surface area contributed by atoms with Gasteiger partial charge in [-0.05, 0) is 78.3 Å². The molecule has 3 aliphatic rings. The van der Waals surface area contributed by atoms with E-state index in [1.165, 1.54) is 25.7 Å². The number of pyridine rings is 1. The molecule has 3 heterocycles. The number of hydrogen-bond donors (Lipinski definition) is 3. The minimum Gasteiger partial charge on any atom is -0.476 e. The second kappa shape index (κ2) is 13.7. The van der Waals surface area contributed by atoms with E-state index in [0.29, 0.717) is 18.4 Å². The van der Waals surface area contributed by atoms with E-state index in [2.05, 4.69) is 30.4 Å². The van der Waals surface area contributed by atoms with Gasteiger partial charge in [0.15, 0.2) is 0 Å². The maximum Gasteiger partial charge on any atom is 0.321 e. The van der Waals surface area contributed by atoms with Crippen molar-refractivity contribution in [1.29, 1.82) is 0 Å². The fourth-order valence-electron chi connectivity index (χ4n) is 6.55. The Kier molecular flexibility index (Phi) is 9.78. The van der Waals surface area contributed by atoms with Crippen molar-refractivity contribution in [2.75, 3.05) is 31.6 Å². The summed E-state index contributed by atoms with van der Waals surface area (Å²) in [4.78, 5) is 37.4. The SMILES string of the molecule is CC(C)NC(=O)C1CCC(n2c(NC(=O)NC3CCCCC3)nc3cnc(OCCN4CCCCC4)cc32)CC1. The molecule has 3 amide bonds.